The molecule has 4 heterocycles. The fourth-order valence-corrected chi connectivity index (χ4v) is 7.16. The van der Waals surface area contributed by atoms with Crippen LogP contribution in [0.4, 0.5) is 11.4 Å². The average molecular weight is 598 g/mol. The van der Waals surface area contributed by atoms with Crippen molar-refractivity contribution in [3.63, 3.8) is 0 Å². The van der Waals surface area contributed by atoms with Crippen molar-refractivity contribution in [1.82, 2.24) is 4.90 Å². The lowest BCUT2D eigenvalue weighted by atomic mass is 9.83. The predicted octanol–water partition coefficient (Wildman–Crippen LogP) is 3.73. The number of rotatable bonds is 11. The molecule has 0 bridgehead atoms. The maximum Gasteiger partial charge on any atom is 0.308 e. The minimum atomic E-state index is -0.877. The molecule has 3 aliphatic heterocycles. The minimum Gasteiger partial charge on any atom is -0.493 e. The van der Waals surface area contributed by atoms with Crippen molar-refractivity contribution in [1.29, 1.82) is 0 Å². The standard InChI is InChI=1S/C35H40N4O5/c1-3-4-16-38(27-9-7-15-36(2)21-27)33(41)23-37-22-28(24-11-12-31-26(19-24)14-18-44-31)34(35(42)43)30(37)13-17-39-29-10-6-5-8-25(29)20-32(39)40/h5-12,15,19,21,28,30,34H,3-4,13-14,16-18,20,22-23H2,1-2H3/p+1/t28-,30+,34?/m1/s1. The highest BCUT2D eigenvalue weighted by Crippen LogP contribution is 2.41. The fraction of sp³-hybridized carbons (Fsp3) is 0.429. The number of carboxylic acid groups (broad SMARTS) is 1. The van der Waals surface area contributed by atoms with Crippen LogP contribution in [0.25, 0.3) is 0 Å². The summed E-state index contributed by atoms with van der Waals surface area (Å²) in [7, 11) is 1.93. The molecule has 3 atom stereocenters. The van der Waals surface area contributed by atoms with Gasteiger partial charge in [-0.3, -0.25) is 19.3 Å². The number of pyridine rings is 1. The summed E-state index contributed by atoms with van der Waals surface area (Å²) in [5, 5.41) is 10.7. The molecule has 230 valence electrons. The van der Waals surface area contributed by atoms with E-state index in [-0.39, 0.29) is 24.3 Å². The van der Waals surface area contributed by atoms with E-state index in [1.807, 2.05) is 77.4 Å². The largest absolute Gasteiger partial charge is 0.493 e. The molecule has 1 unspecified atom stereocenters. The Morgan fingerprint density at radius 3 is 2.75 bits per heavy atom. The van der Waals surface area contributed by atoms with Gasteiger partial charge in [-0.2, -0.15) is 0 Å². The van der Waals surface area contributed by atoms with Gasteiger partial charge in [0.25, 0.3) is 0 Å². The number of ether oxygens (including phenoxy) is 1. The van der Waals surface area contributed by atoms with Gasteiger partial charge in [-0.25, -0.2) is 4.57 Å². The van der Waals surface area contributed by atoms with Gasteiger partial charge in [-0.1, -0.05) is 43.7 Å². The number of likely N-dealkylation sites (tertiary alicyclic amines) is 1. The Hall–Kier alpha value is -4.24. The first-order chi connectivity index (χ1) is 21.3. The van der Waals surface area contributed by atoms with Crippen molar-refractivity contribution in [3.8, 4) is 5.75 Å². The first-order valence-electron chi connectivity index (χ1n) is 15.7. The molecular weight excluding hydrogens is 556 g/mol. The molecule has 0 aliphatic carbocycles. The zero-order valence-corrected chi connectivity index (χ0v) is 25.5. The number of aliphatic carboxylic acids is 1. The highest BCUT2D eigenvalue weighted by molar-refractivity contribution is 6.01. The molecule has 0 saturated carbocycles. The van der Waals surface area contributed by atoms with Gasteiger partial charge in [-0.05, 0) is 47.7 Å². The number of unbranched alkanes of at least 4 members (excludes halogenated alkanes) is 1. The number of benzene rings is 2. The highest BCUT2D eigenvalue weighted by Gasteiger charge is 2.47. The van der Waals surface area contributed by atoms with E-state index >= 15 is 0 Å². The molecule has 9 nitrogen and oxygen atoms in total. The van der Waals surface area contributed by atoms with Gasteiger partial charge < -0.3 is 19.6 Å². The number of para-hydroxylation sites is 1. The summed E-state index contributed by atoms with van der Waals surface area (Å²) in [6.07, 6.45) is 7.30. The fourth-order valence-electron chi connectivity index (χ4n) is 7.16. The third-order valence-corrected chi connectivity index (χ3v) is 9.36. The van der Waals surface area contributed by atoms with Crippen LogP contribution in [0.2, 0.25) is 0 Å². The van der Waals surface area contributed by atoms with Crippen LogP contribution < -0.4 is 19.1 Å². The van der Waals surface area contributed by atoms with Crippen LogP contribution in [0.1, 0.15) is 48.8 Å². The number of amides is 2. The summed E-state index contributed by atoms with van der Waals surface area (Å²) in [5.41, 5.74) is 4.77. The Bertz CT molecular complexity index is 1560. The van der Waals surface area contributed by atoms with Crippen LogP contribution in [0, 0.1) is 5.92 Å². The summed E-state index contributed by atoms with van der Waals surface area (Å²) in [4.78, 5) is 45.8. The Kier molecular flexibility index (Phi) is 8.66. The van der Waals surface area contributed by atoms with Gasteiger partial charge in [0, 0.05) is 49.8 Å². The molecule has 2 amide bonds. The van der Waals surface area contributed by atoms with Gasteiger partial charge in [-0.15, -0.1) is 0 Å². The molecule has 0 spiro atoms. The van der Waals surface area contributed by atoms with Crippen molar-refractivity contribution in [3.05, 3.63) is 83.7 Å². The average Bonchev–Trinajstić information content (AvgIpc) is 3.71. The molecule has 3 aliphatic rings. The quantitative estimate of drug-likeness (QED) is 0.339. The summed E-state index contributed by atoms with van der Waals surface area (Å²) >= 11 is 0. The lowest BCUT2D eigenvalue weighted by molar-refractivity contribution is -0.670. The van der Waals surface area contributed by atoms with Crippen molar-refractivity contribution in [2.45, 2.75) is 51.0 Å². The summed E-state index contributed by atoms with van der Waals surface area (Å²) in [6.45, 7) is 4.27. The van der Waals surface area contributed by atoms with Crippen molar-refractivity contribution in [2.75, 3.05) is 42.6 Å². The van der Waals surface area contributed by atoms with Crippen molar-refractivity contribution < 1.29 is 28.8 Å². The topological polar surface area (TPSA) is 94.3 Å². The molecule has 0 radical (unpaired) electrons. The second-order valence-electron chi connectivity index (χ2n) is 12.2. The number of carbonyl (C=O) groups excluding carboxylic acids is 2. The van der Waals surface area contributed by atoms with Crippen LogP contribution in [0.3, 0.4) is 0 Å². The number of hydrogen-bond donors (Lipinski definition) is 1. The van der Waals surface area contributed by atoms with E-state index in [2.05, 4.69) is 17.9 Å². The Labute approximate surface area is 258 Å². The summed E-state index contributed by atoms with van der Waals surface area (Å²) in [6, 6.07) is 17.2. The molecule has 1 saturated heterocycles. The predicted molar refractivity (Wildman–Crippen MR) is 167 cm³/mol. The Morgan fingerprint density at radius 1 is 1.11 bits per heavy atom. The third kappa shape index (κ3) is 5.93. The zero-order chi connectivity index (χ0) is 30.8. The second kappa shape index (κ2) is 12.8. The van der Waals surface area contributed by atoms with E-state index in [9.17, 15) is 19.5 Å². The third-order valence-electron chi connectivity index (χ3n) is 9.36. The van der Waals surface area contributed by atoms with Crippen LogP contribution in [0.5, 0.6) is 5.75 Å². The van der Waals surface area contributed by atoms with Gasteiger partial charge in [0.05, 0.1) is 25.5 Å². The van der Waals surface area contributed by atoms with Crippen LogP contribution in [-0.4, -0.2) is 66.6 Å². The highest BCUT2D eigenvalue weighted by atomic mass is 16.5. The van der Waals surface area contributed by atoms with Gasteiger partial charge in [0.15, 0.2) is 12.4 Å². The first kappa shape index (κ1) is 29.8. The Morgan fingerprint density at radius 2 is 1.95 bits per heavy atom. The molecule has 6 rings (SSSR count). The van der Waals surface area contributed by atoms with E-state index in [4.69, 9.17) is 4.74 Å². The Balaban J connectivity index is 1.30. The molecule has 1 fully saturated rings. The molecule has 1 aromatic heterocycles. The summed E-state index contributed by atoms with van der Waals surface area (Å²) < 4.78 is 7.64. The zero-order valence-electron chi connectivity index (χ0n) is 25.5. The number of hydrogen-bond acceptors (Lipinski definition) is 5. The molecule has 44 heavy (non-hydrogen) atoms. The van der Waals surface area contributed by atoms with Crippen LogP contribution in [0.15, 0.2) is 67.0 Å². The van der Waals surface area contributed by atoms with E-state index in [1.54, 1.807) is 4.90 Å². The maximum atomic E-state index is 14.1. The lowest BCUT2D eigenvalue weighted by Gasteiger charge is -2.30. The van der Waals surface area contributed by atoms with Gasteiger partial charge in [0.2, 0.25) is 11.8 Å². The second-order valence-corrected chi connectivity index (χ2v) is 12.2. The normalized spacial score (nSPS) is 20.8. The maximum absolute atomic E-state index is 14.1. The van der Waals surface area contributed by atoms with Crippen molar-refractivity contribution in [2.24, 2.45) is 13.0 Å². The summed E-state index contributed by atoms with van der Waals surface area (Å²) in [5.74, 6) is -1.07. The SMILES string of the molecule is CCCCN(C(=O)CN1C[C@H](c2ccc3c(c2)CCO3)C(C(=O)O)[C@@H]1CCN1C(=O)Cc2ccccc21)c1ccc[n+](C)c1. The number of carboxylic acids is 1. The number of aryl methyl sites for hydroxylation is 1. The van der Waals surface area contributed by atoms with E-state index in [0.29, 0.717) is 39.1 Å². The molecular formula is C35H41N4O5+. The smallest absolute Gasteiger partial charge is 0.308 e. The van der Waals surface area contributed by atoms with Crippen molar-refractivity contribution >= 4 is 29.2 Å². The van der Waals surface area contributed by atoms with E-state index in [1.165, 1.54) is 0 Å². The van der Waals surface area contributed by atoms with Gasteiger partial charge >= 0.3 is 5.97 Å². The van der Waals surface area contributed by atoms with E-state index in [0.717, 1.165) is 53.1 Å². The molecule has 9 heteroatoms. The molecule has 1 N–H and O–H groups in total. The van der Waals surface area contributed by atoms with E-state index < -0.39 is 17.9 Å². The van der Waals surface area contributed by atoms with Crippen LogP contribution in [-0.2, 0) is 34.3 Å². The minimum absolute atomic E-state index is 0.0246. The number of carbonyl (C=O) groups is 3. The number of aromatic nitrogens is 1. The van der Waals surface area contributed by atoms with Crippen LogP contribution >= 0.6 is 0 Å². The molecule has 3 aromatic rings. The monoisotopic (exact) mass is 597 g/mol. The first-order valence-corrected chi connectivity index (χ1v) is 15.7. The molecule has 2 aromatic carbocycles. The number of anilines is 2. The number of nitrogens with zero attached hydrogens (tertiary/aromatic N) is 4. The lowest BCUT2D eigenvalue weighted by Crippen LogP contribution is -2.46. The van der Waals surface area contributed by atoms with Gasteiger partial charge in [0.1, 0.15) is 18.5 Å². The number of fused-ring (bicyclic) bond motifs is 2.